The summed E-state index contributed by atoms with van der Waals surface area (Å²) in [7, 11) is 0. The van der Waals surface area contributed by atoms with Crippen molar-refractivity contribution in [2.75, 3.05) is 13.2 Å². The van der Waals surface area contributed by atoms with Gasteiger partial charge in [-0.25, -0.2) is 5.01 Å². The molecular formula is C25H26BrN3O4. The van der Waals surface area contributed by atoms with E-state index in [0.29, 0.717) is 5.76 Å². The summed E-state index contributed by atoms with van der Waals surface area (Å²) in [6, 6.07) is 15.4. The van der Waals surface area contributed by atoms with Gasteiger partial charge in [-0.05, 0) is 44.5 Å². The lowest BCUT2D eigenvalue weighted by molar-refractivity contribution is -0.143. The van der Waals surface area contributed by atoms with Gasteiger partial charge in [0.2, 0.25) is 0 Å². The molecule has 3 rings (SSSR count). The highest BCUT2D eigenvalue weighted by Crippen LogP contribution is 2.41. The lowest BCUT2D eigenvalue weighted by Gasteiger charge is -2.32. The number of hydrazone groups is 1. The van der Waals surface area contributed by atoms with Gasteiger partial charge < -0.3 is 14.8 Å². The van der Waals surface area contributed by atoms with Crippen LogP contribution in [0.4, 0.5) is 0 Å². The molecule has 1 amide bonds. The maximum Gasteiger partial charge on any atom is 0.325 e. The molecule has 0 aromatic heterocycles. The number of allylic oxidation sites excluding steroid dienone is 1. The van der Waals surface area contributed by atoms with E-state index >= 15 is 0 Å². The Balaban J connectivity index is 2.11. The molecule has 0 aliphatic carbocycles. The minimum absolute atomic E-state index is 0.191. The Bertz CT molecular complexity index is 1110. The molecule has 2 aromatic rings. The van der Waals surface area contributed by atoms with E-state index in [1.165, 1.54) is 5.01 Å². The summed E-state index contributed by atoms with van der Waals surface area (Å²) >= 11 is 3.53. The Hall–Kier alpha value is -3.39. The molecule has 8 heteroatoms. The van der Waals surface area contributed by atoms with Crippen molar-refractivity contribution in [1.29, 1.82) is 0 Å². The fourth-order valence-corrected chi connectivity index (χ4v) is 3.78. The Labute approximate surface area is 201 Å². The van der Waals surface area contributed by atoms with E-state index in [1.54, 1.807) is 20.1 Å². The molecule has 172 valence electrons. The first-order valence-electron chi connectivity index (χ1n) is 10.6. The van der Waals surface area contributed by atoms with Crippen LogP contribution >= 0.6 is 15.9 Å². The second kappa shape index (κ2) is 11.5. The number of carbonyl (C=O) groups is 2. The van der Waals surface area contributed by atoms with Crippen molar-refractivity contribution < 1.29 is 19.1 Å². The highest BCUT2D eigenvalue weighted by atomic mass is 79.9. The predicted molar refractivity (Wildman–Crippen MR) is 132 cm³/mol. The second-order valence-corrected chi connectivity index (χ2v) is 7.90. The number of esters is 1. The number of ether oxygens (including phenoxy) is 2. The lowest BCUT2D eigenvalue weighted by Crippen LogP contribution is -2.38. The van der Waals surface area contributed by atoms with E-state index in [0.717, 1.165) is 26.9 Å². The van der Waals surface area contributed by atoms with Crippen molar-refractivity contribution in [3.05, 3.63) is 81.5 Å². The number of benzene rings is 2. The maximum absolute atomic E-state index is 13.3. The summed E-state index contributed by atoms with van der Waals surface area (Å²) in [6.07, 6.45) is 3.48. The Morgan fingerprint density at radius 1 is 1.12 bits per heavy atom. The third-order valence-electron chi connectivity index (χ3n) is 4.80. The van der Waals surface area contributed by atoms with Gasteiger partial charge in [0.1, 0.15) is 13.2 Å². The van der Waals surface area contributed by atoms with Gasteiger partial charge in [-0.2, -0.15) is 5.10 Å². The third-order valence-corrected chi connectivity index (χ3v) is 5.29. The second-order valence-electron chi connectivity index (χ2n) is 6.99. The first kappa shape index (κ1) is 24.3. The molecule has 1 aliphatic rings. The summed E-state index contributed by atoms with van der Waals surface area (Å²) in [5.74, 6) is -0.640. The first-order chi connectivity index (χ1) is 16.0. The van der Waals surface area contributed by atoms with E-state index in [9.17, 15) is 9.59 Å². The van der Waals surface area contributed by atoms with Crippen molar-refractivity contribution in [2.24, 2.45) is 5.10 Å². The van der Waals surface area contributed by atoms with Crippen LogP contribution in [0.5, 0.6) is 0 Å². The van der Waals surface area contributed by atoms with Crippen LogP contribution < -0.4 is 5.32 Å². The van der Waals surface area contributed by atoms with Crippen molar-refractivity contribution >= 4 is 45.5 Å². The summed E-state index contributed by atoms with van der Waals surface area (Å²) in [5.41, 5.74) is 3.49. The number of hydrogen-bond acceptors (Lipinski definition) is 6. The van der Waals surface area contributed by atoms with Gasteiger partial charge in [0.05, 0.1) is 12.3 Å². The van der Waals surface area contributed by atoms with Crippen LogP contribution in [0.1, 0.15) is 37.5 Å². The van der Waals surface area contributed by atoms with E-state index < -0.39 is 11.9 Å². The molecule has 33 heavy (non-hydrogen) atoms. The molecule has 0 bridgehead atoms. The van der Waals surface area contributed by atoms with Gasteiger partial charge in [-0.15, -0.1) is 0 Å². The standard InChI is InChI=1S/C25H26BrN3O4/c1-4-21-20-14-18(26)12-13-19(20)24(33-16-17-10-8-7-9-11-17)23(29(21)28-5-2)25(31)27-15-22(30)32-6-3/h4-5,7-14H,6,15-16H2,1-3H3,(H,27,31)/b21-4?,28-5-. The highest BCUT2D eigenvalue weighted by molar-refractivity contribution is 9.10. The normalized spacial score (nSPS) is 14.4. The van der Waals surface area contributed by atoms with E-state index in [-0.39, 0.29) is 25.5 Å². The summed E-state index contributed by atoms with van der Waals surface area (Å²) < 4.78 is 12.1. The average molecular weight is 512 g/mol. The van der Waals surface area contributed by atoms with E-state index in [1.807, 2.05) is 61.5 Å². The number of hydrogen-bond donors (Lipinski definition) is 1. The Morgan fingerprint density at radius 3 is 2.55 bits per heavy atom. The van der Waals surface area contributed by atoms with Gasteiger partial charge in [-0.1, -0.05) is 52.3 Å². The number of amides is 1. The van der Waals surface area contributed by atoms with Gasteiger partial charge in [0, 0.05) is 21.8 Å². The molecule has 0 spiro atoms. The van der Waals surface area contributed by atoms with Gasteiger partial charge >= 0.3 is 5.97 Å². The largest absolute Gasteiger partial charge is 0.486 e. The molecule has 2 aromatic carbocycles. The van der Waals surface area contributed by atoms with Crippen molar-refractivity contribution in [1.82, 2.24) is 10.3 Å². The van der Waals surface area contributed by atoms with Crippen LogP contribution in [0.2, 0.25) is 0 Å². The SMILES string of the molecule is CC=C1c2cc(Br)ccc2C(OCc2ccccc2)=C(C(=O)NCC(=O)OCC)N1/N=C\C. The topological polar surface area (TPSA) is 80.2 Å². The van der Waals surface area contributed by atoms with Crippen molar-refractivity contribution in [3.8, 4) is 0 Å². The van der Waals surface area contributed by atoms with Crippen LogP contribution in [0.3, 0.4) is 0 Å². The van der Waals surface area contributed by atoms with Crippen LogP contribution in [-0.4, -0.2) is 36.3 Å². The smallest absolute Gasteiger partial charge is 0.325 e. The molecule has 0 saturated heterocycles. The summed E-state index contributed by atoms with van der Waals surface area (Å²) in [6.45, 7) is 5.59. The first-order valence-corrected chi connectivity index (χ1v) is 11.4. The van der Waals surface area contributed by atoms with E-state index in [2.05, 4.69) is 26.3 Å². The molecule has 1 N–H and O–H groups in total. The number of fused-ring (bicyclic) bond motifs is 1. The van der Waals surface area contributed by atoms with Crippen LogP contribution in [0.25, 0.3) is 11.5 Å². The molecule has 0 unspecified atom stereocenters. The number of carbonyl (C=O) groups excluding carboxylic acids is 2. The summed E-state index contributed by atoms with van der Waals surface area (Å²) in [4.78, 5) is 25.2. The highest BCUT2D eigenvalue weighted by Gasteiger charge is 2.34. The van der Waals surface area contributed by atoms with Crippen molar-refractivity contribution in [3.63, 3.8) is 0 Å². The Kier molecular flexibility index (Phi) is 8.43. The summed E-state index contributed by atoms with van der Waals surface area (Å²) in [5, 5.41) is 8.62. The van der Waals surface area contributed by atoms with Gasteiger partial charge in [0.25, 0.3) is 5.91 Å². The number of halogens is 1. The van der Waals surface area contributed by atoms with Gasteiger partial charge in [0.15, 0.2) is 11.5 Å². The maximum atomic E-state index is 13.3. The minimum atomic E-state index is -0.518. The van der Waals surface area contributed by atoms with E-state index in [4.69, 9.17) is 9.47 Å². The fourth-order valence-electron chi connectivity index (χ4n) is 3.42. The van der Waals surface area contributed by atoms with Crippen LogP contribution in [-0.2, 0) is 25.7 Å². The third kappa shape index (κ3) is 5.70. The monoisotopic (exact) mass is 511 g/mol. The van der Waals surface area contributed by atoms with Crippen LogP contribution in [0.15, 0.2) is 69.9 Å². The number of rotatable bonds is 8. The van der Waals surface area contributed by atoms with Crippen molar-refractivity contribution in [2.45, 2.75) is 27.4 Å². The molecule has 7 nitrogen and oxygen atoms in total. The molecular weight excluding hydrogens is 486 g/mol. The Morgan fingerprint density at radius 2 is 1.88 bits per heavy atom. The quantitative estimate of drug-likeness (QED) is 0.410. The predicted octanol–water partition coefficient (Wildman–Crippen LogP) is 4.70. The van der Waals surface area contributed by atoms with Crippen LogP contribution in [0, 0.1) is 0 Å². The van der Waals surface area contributed by atoms with Gasteiger partial charge in [-0.3, -0.25) is 9.59 Å². The number of nitrogens with one attached hydrogen (secondary N) is 1. The molecule has 0 radical (unpaired) electrons. The fraction of sp³-hybridized carbons (Fsp3) is 0.240. The zero-order chi connectivity index (χ0) is 23.8. The molecule has 1 aliphatic heterocycles. The molecule has 0 atom stereocenters. The molecule has 0 saturated carbocycles. The zero-order valence-electron chi connectivity index (χ0n) is 18.8. The number of nitrogens with zero attached hydrogens (tertiary/aromatic N) is 2. The lowest BCUT2D eigenvalue weighted by atomic mass is 9.96. The zero-order valence-corrected chi connectivity index (χ0v) is 20.4. The molecule has 1 heterocycles. The minimum Gasteiger partial charge on any atom is -0.486 e. The average Bonchev–Trinajstić information content (AvgIpc) is 2.81. The molecule has 0 fully saturated rings.